The Hall–Kier alpha value is -6.64. The average Bonchev–Trinajstić information content (AvgIpc) is 3.10. The van der Waals surface area contributed by atoms with Crippen molar-refractivity contribution in [3.63, 3.8) is 0 Å². The van der Waals surface area contributed by atoms with Crippen LogP contribution in [0.15, 0.2) is 157 Å². The molecule has 6 aromatic rings. The van der Waals surface area contributed by atoms with Crippen molar-refractivity contribution in [2.45, 2.75) is 4.90 Å². The van der Waals surface area contributed by atoms with Crippen LogP contribution in [0.3, 0.4) is 0 Å². The zero-order valence-corrected chi connectivity index (χ0v) is 26.0. The zero-order chi connectivity index (χ0) is 34.5. The second kappa shape index (κ2) is 13.6. The lowest BCUT2D eigenvalue weighted by Gasteiger charge is -2.07. The minimum atomic E-state index is -4.50. The van der Waals surface area contributed by atoms with Crippen LogP contribution in [0, 0.1) is 0 Å². The van der Waals surface area contributed by atoms with Gasteiger partial charge in [0.15, 0.2) is 0 Å². The molecular weight excluding hydrogens is 648 g/mol. The number of hydrogen-bond acceptors (Lipinski definition) is 11. The van der Waals surface area contributed by atoms with Gasteiger partial charge in [-0.05, 0) is 102 Å². The van der Waals surface area contributed by atoms with E-state index in [0.717, 1.165) is 11.1 Å². The molecule has 0 saturated heterocycles. The third kappa shape index (κ3) is 7.68. The number of benzene rings is 6. The number of fused-ring (bicyclic) bond motifs is 1. The van der Waals surface area contributed by atoms with Crippen LogP contribution < -0.4 is 0 Å². The molecule has 0 aliphatic carbocycles. The minimum absolute atomic E-state index is 0.0913. The third-order valence-corrected chi connectivity index (χ3v) is 8.05. The Morgan fingerprint density at radius 2 is 0.980 bits per heavy atom. The van der Waals surface area contributed by atoms with E-state index in [-0.39, 0.29) is 27.6 Å². The number of hydrogen-bond donors (Lipinski definition) is 4. The van der Waals surface area contributed by atoms with Gasteiger partial charge in [0, 0.05) is 10.8 Å². The summed E-state index contributed by atoms with van der Waals surface area (Å²) in [6.45, 7) is 0. The van der Waals surface area contributed by atoms with Gasteiger partial charge in [-0.3, -0.25) is 4.55 Å². The molecule has 0 aromatic heterocycles. The topological polar surface area (TPSA) is 206 Å². The Labute approximate surface area is 278 Å². The third-order valence-electron chi connectivity index (χ3n) is 7.20. The van der Waals surface area contributed by atoms with Crippen molar-refractivity contribution in [1.82, 2.24) is 0 Å². The molecule has 6 aromatic carbocycles. The van der Waals surface area contributed by atoms with E-state index in [4.69, 9.17) is 5.11 Å². The molecule has 0 unspecified atom stereocenters. The molecular formula is C35H24N6O7S. The minimum Gasteiger partial charge on any atom is -0.508 e. The summed E-state index contributed by atoms with van der Waals surface area (Å²) in [5.74, 6) is -1.53. The maximum atomic E-state index is 11.9. The molecule has 4 N–H and O–H groups in total. The van der Waals surface area contributed by atoms with Crippen molar-refractivity contribution >= 4 is 61.0 Å². The van der Waals surface area contributed by atoms with E-state index in [1.807, 2.05) is 24.3 Å². The zero-order valence-electron chi connectivity index (χ0n) is 25.2. The second-order valence-corrected chi connectivity index (χ2v) is 11.9. The van der Waals surface area contributed by atoms with Crippen LogP contribution >= 0.6 is 0 Å². The molecule has 0 aliphatic rings. The summed E-state index contributed by atoms with van der Waals surface area (Å²) < 4.78 is 33.4. The summed E-state index contributed by atoms with van der Waals surface area (Å²) in [7, 11) is -4.50. The standard InChI is InChI=1S/C35H24N6O7S/c42-27-12-9-25(10-13-27)38-40-32-16-17-33(30-20-28(49(46,47)48)14-15-29(30)32)41-37-24-7-3-22(4-8-24)21-1-5-23(6-2-21)36-39-26-11-18-34(43)31(19-26)35(44)45/h1-20,42-43H,(H,44,45)(H,46,47,48). The van der Waals surface area contributed by atoms with Crippen LogP contribution in [0.25, 0.3) is 21.9 Å². The molecule has 0 atom stereocenters. The molecule has 0 fully saturated rings. The van der Waals surface area contributed by atoms with Gasteiger partial charge < -0.3 is 15.3 Å². The maximum absolute atomic E-state index is 11.9. The number of phenols is 2. The molecule has 0 bridgehead atoms. The summed E-state index contributed by atoms with van der Waals surface area (Å²) in [6, 6.07) is 31.9. The van der Waals surface area contributed by atoms with Crippen LogP contribution in [0.4, 0.5) is 34.1 Å². The van der Waals surface area contributed by atoms with E-state index in [0.29, 0.717) is 39.2 Å². The van der Waals surface area contributed by atoms with Crippen molar-refractivity contribution in [3.8, 4) is 22.6 Å². The van der Waals surface area contributed by atoms with Crippen LogP contribution in [-0.2, 0) is 10.1 Å². The summed E-state index contributed by atoms with van der Waals surface area (Å²) >= 11 is 0. The normalized spacial score (nSPS) is 12.0. The predicted molar refractivity (Wildman–Crippen MR) is 181 cm³/mol. The highest BCUT2D eigenvalue weighted by Gasteiger charge is 2.14. The molecule has 49 heavy (non-hydrogen) atoms. The lowest BCUT2D eigenvalue weighted by Crippen LogP contribution is -1.97. The average molecular weight is 673 g/mol. The van der Waals surface area contributed by atoms with Crippen molar-refractivity contribution < 1.29 is 33.1 Å². The first-order chi connectivity index (χ1) is 23.5. The van der Waals surface area contributed by atoms with Crippen LogP contribution in [0.2, 0.25) is 0 Å². The molecule has 0 spiro atoms. The summed E-state index contributed by atoms with van der Waals surface area (Å²) in [5, 5.41) is 54.6. The molecule has 242 valence electrons. The number of rotatable bonds is 9. The molecule has 0 saturated carbocycles. The molecule has 6 rings (SSSR count). The number of azo groups is 3. The van der Waals surface area contributed by atoms with E-state index in [9.17, 15) is 28.0 Å². The summed E-state index contributed by atoms with van der Waals surface area (Å²) in [6.07, 6.45) is 0. The van der Waals surface area contributed by atoms with E-state index >= 15 is 0 Å². The van der Waals surface area contributed by atoms with Gasteiger partial charge in [-0.1, -0.05) is 30.3 Å². The largest absolute Gasteiger partial charge is 0.508 e. The van der Waals surface area contributed by atoms with Crippen molar-refractivity contribution in [2.24, 2.45) is 30.7 Å². The number of nitrogens with zero attached hydrogens (tertiary/aromatic N) is 6. The number of aromatic carboxylic acids is 1. The quantitative estimate of drug-likeness (QED) is 0.0862. The Morgan fingerprint density at radius 1 is 0.510 bits per heavy atom. The first-order valence-electron chi connectivity index (χ1n) is 14.4. The lowest BCUT2D eigenvalue weighted by atomic mass is 10.1. The fourth-order valence-corrected chi connectivity index (χ4v) is 5.19. The summed E-state index contributed by atoms with van der Waals surface area (Å²) in [4.78, 5) is 10.9. The van der Waals surface area contributed by atoms with Gasteiger partial charge in [-0.2, -0.15) is 28.9 Å². The highest BCUT2D eigenvalue weighted by Crippen LogP contribution is 2.37. The number of aromatic hydroxyl groups is 2. The van der Waals surface area contributed by atoms with E-state index in [1.54, 1.807) is 48.5 Å². The van der Waals surface area contributed by atoms with Gasteiger partial charge in [-0.25, -0.2) is 4.79 Å². The fourth-order valence-electron chi connectivity index (χ4n) is 4.69. The highest BCUT2D eigenvalue weighted by atomic mass is 32.2. The molecule has 13 nitrogen and oxygen atoms in total. The first-order valence-corrected chi connectivity index (χ1v) is 15.8. The Kier molecular flexibility index (Phi) is 8.97. The van der Waals surface area contributed by atoms with E-state index in [1.165, 1.54) is 48.5 Å². The SMILES string of the molecule is O=C(O)c1cc(N=Nc2ccc(-c3ccc(N=Nc4ccc(N=Nc5ccc(O)cc5)c5ccc(S(=O)(=O)O)cc45)cc3)cc2)ccc1O. The van der Waals surface area contributed by atoms with Gasteiger partial charge in [0.05, 0.1) is 39.0 Å². The first kappa shape index (κ1) is 32.3. The van der Waals surface area contributed by atoms with Crippen molar-refractivity contribution in [3.05, 3.63) is 127 Å². The highest BCUT2D eigenvalue weighted by molar-refractivity contribution is 7.85. The molecule has 0 aliphatic heterocycles. The van der Waals surface area contributed by atoms with Gasteiger partial charge in [0.25, 0.3) is 10.1 Å². The van der Waals surface area contributed by atoms with Crippen LogP contribution in [0.1, 0.15) is 10.4 Å². The molecule has 0 amide bonds. The fraction of sp³-hybridized carbons (Fsp3) is 0. The van der Waals surface area contributed by atoms with Crippen LogP contribution in [0.5, 0.6) is 11.5 Å². The van der Waals surface area contributed by atoms with Crippen molar-refractivity contribution in [2.75, 3.05) is 0 Å². The smallest absolute Gasteiger partial charge is 0.339 e. The van der Waals surface area contributed by atoms with E-state index < -0.39 is 16.1 Å². The predicted octanol–water partition coefficient (Wildman–Crippen LogP) is 10.1. The lowest BCUT2D eigenvalue weighted by molar-refractivity contribution is 0.0693. The Bertz CT molecular complexity index is 2390. The number of phenolic OH excluding ortho intramolecular Hbond substituents is 1. The van der Waals surface area contributed by atoms with Crippen molar-refractivity contribution in [1.29, 1.82) is 0 Å². The van der Waals surface area contributed by atoms with Gasteiger partial charge in [0.2, 0.25) is 0 Å². The van der Waals surface area contributed by atoms with Gasteiger partial charge in [-0.15, -0.1) is 10.2 Å². The number of carbonyl (C=O) groups is 1. The Morgan fingerprint density at radius 3 is 1.51 bits per heavy atom. The molecule has 0 heterocycles. The Balaban J connectivity index is 1.21. The molecule has 14 heteroatoms. The monoisotopic (exact) mass is 672 g/mol. The van der Waals surface area contributed by atoms with Crippen LogP contribution in [-0.4, -0.2) is 34.3 Å². The molecule has 0 radical (unpaired) electrons. The number of carboxylic acids is 1. The van der Waals surface area contributed by atoms with Gasteiger partial charge in [0.1, 0.15) is 17.1 Å². The number of carboxylic acid groups (broad SMARTS) is 1. The maximum Gasteiger partial charge on any atom is 0.339 e. The van der Waals surface area contributed by atoms with E-state index in [2.05, 4.69) is 30.7 Å². The second-order valence-electron chi connectivity index (χ2n) is 10.5. The van der Waals surface area contributed by atoms with Gasteiger partial charge >= 0.3 is 5.97 Å². The summed E-state index contributed by atoms with van der Waals surface area (Å²) in [5.41, 5.74) is 4.12.